The van der Waals surface area contributed by atoms with Gasteiger partial charge >= 0.3 is 0 Å². The van der Waals surface area contributed by atoms with E-state index in [1.54, 1.807) is 20.4 Å². The molecule has 0 fully saturated rings. The molecule has 0 atom stereocenters. The number of hydrogen-bond acceptors (Lipinski definition) is 4. The van der Waals surface area contributed by atoms with Gasteiger partial charge in [-0.1, -0.05) is 11.6 Å². The molecular weight excluding hydrogens is 242 g/mol. The van der Waals surface area contributed by atoms with Gasteiger partial charge in [0.1, 0.15) is 5.02 Å². The van der Waals surface area contributed by atoms with E-state index in [1.165, 1.54) is 4.68 Å². The third-order valence-corrected chi connectivity index (χ3v) is 2.78. The molecule has 0 aromatic carbocycles. The Balaban J connectivity index is 2.37. The molecule has 1 aromatic heterocycles. The second kappa shape index (κ2) is 7.29. The van der Waals surface area contributed by atoms with Crippen molar-refractivity contribution < 1.29 is 4.74 Å². The monoisotopic (exact) mass is 259 g/mol. The Morgan fingerprint density at radius 2 is 2.24 bits per heavy atom. The number of anilines is 1. The third-order valence-electron chi connectivity index (χ3n) is 2.42. The van der Waals surface area contributed by atoms with Crippen molar-refractivity contribution in [2.75, 3.05) is 25.6 Å². The lowest BCUT2D eigenvalue weighted by atomic mass is 10.2. The molecule has 1 rings (SSSR count). The maximum absolute atomic E-state index is 11.5. The van der Waals surface area contributed by atoms with Gasteiger partial charge in [0.15, 0.2) is 0 Å². The Hall–Kier alpha value is -1.07. The van der Waals surface area contributed by atoms with Crippen LogP contribution in [0.4, 0.5) is 5.69 Å². The summed E-state index contributed by atoms with van der Waals surface area (Å²) in [6, 6.07) is 0. The van der Waals surface area contributed by atoms with Crippen LogP contribution in [-0.2, 0) is 11.8 Å². The first-order valence-corrected chi connectivity index (χ1v) is 5.99. The van der Waals surface area contributed by atoms with Gasteiger partial charge in [-0.25, -0.2) is 4.68 Å². The predicted molar refractivity (Wildman–Crippen MR) is 68.7 cm³/mol. The fraction of sp³-hybridized carbons (Fsp3) is 0.636. The molecule has 0 aliphatic rings. The van der Waals surface area contributed by atoms with Gasteiger partial charge in [-0.2, -0.15) is 5.10 Å². The topological polar surface area (TPSA) is 56.1 Å². The van der Waals surface area contributed by atoms with Gasteiger partial charge in [-0.05, 0) is 19.3 Å². The smallest absolute Gasteiger partial charge is 0.287 e. The maximum Gasteiger partial charge on any atom is 0.287 e. The first-order chi connectivity index (χ1) is 8.16. The first-order valence-electron chi connectivity index (χ1n) is 5.61. The van der Waals surface area contributed by atoms with Crippen molar-refractivity contribution in [1.82, 2.24) is 9.78 Å². The summed E-state index contributed by atoms with van der Waals surface area (Å²) in [4.78, 5) is 11.5. The van der Waals surface area contributed by atoms with Crippen molar-refractivity contribution >= 4 is 17.3 Å². The Morgan fingerprint density at radius 1 is 1.47 bits per heavy atom. The fourth-order valence-electron chi connectivity index (χ4n) is 1.41. The third kappa shape index (κ3) is 4.36. The minimum atomic E-state index is -0.281. The maximum atomic E-state index is 11.5. The normalized spacial score (nSPS) is 10.5. The van der Waals surface area contributed by atoms with Crippen LogP contribution in [0.5, 0.6) is 0 Å². The molecule has 0 bridgehead atoms. The van der Waals surface area contributed by atoms with Crippen molar-refractivity contribution in [2.45, 2.75) is 19.3 Å². The molecule has 0 amide bonds. The van der Waals surface area contributed by atoms with Crippen LogP contribution in [0.25, 0.3) is 0 Å². The Bertz CT molecular complexity index is 406. The van der Waals surface area contributed by atoms with Crippen LogP contribution in [0.15, 0.2) is 11.0 Å². The van der Waals surface area contributed by atoms with Gasteiger partial charge in [0, 0.05) is 27.3 Å². The van der Waals surface area contributed by atoms with Crippen LogP contribution < -0.4 is 10.9 Å². The van der Waals surface area contributed by atoms with Gasteiger partial charge in [0.05, 0.1) is 11.9 Å². The zero-order valence-electron chi connectivity index (χ0n) is 10.2. The SMILES string of the molecule is COCCCCCNc1cnn(C)c(=O)c1Cl. The minimum Gasteiger partial charge on any atom is -0.385 e. The second-order valence-electron chi connectivity index (χ2n) is 3.78. The Labute approximate surface area is 106 Å². The molecule has 0 spiro atoms. The predicted octanol–water partition coefficient (Wildman–Crippen LogP) is 1.66. The number of halogens is 1. The van der Waals surface area contributed by atoms with E-state index in [0.717, 1.165) is 32.4 Å². The summed E-state index contributed by atoms with van der Waals surface area (Å²) in [6.45, 7) is 1.56. The standard InChI is InChI=1S/C11H18ClN3O2/c1-15-11(16)10(12)9(8-14-15)13-6-4-3-5-7-17-2/h8,13H,3-7H2,1-2H3. The molecule has 96 valence electrons. The summed E-state index contributed by atoms with van der Waals surface area (Å²) >= 11 is 5.91. The summed E-state index contributed by atoms with van der Waals surface area (Å²) in [5.41, 5.74) is 0.317. The molecule has 5 nitrogen and oxygen atoms in total. The zero-order chi connectivity index (χ0) is 12.7. The molecule has 1 N–H and O–H groups in total. The number of nitrogens with one attached hydrogen (secondary N) is 1. The van der Waals surface area contributed by atoms with Crippen molar-refractivity contribution in [1.29, 1.82) is 0 Å². The number of methoxy groups -OCH3 is 1. The minimum absolute atomic E-state index is 0.194. The molecule has 6 heteroatoms. The van der Waals surface area contributed by atoms with E-state index in [-0.39, 0.29) is 10.6 Å². The molecule has 0 aliphatic heterocycles. The average molecular weight is 260 g/mol. The molecule has 17 heavy (non-hydrogen) atoms. The highest BCUT2D eigenvalue weighted by molar-refractivity contribution is 6.32. The molecule has 1 aromatic rings. The summed E-state index contributed by atoms with van der Waals surface area (Å²) < 4.78 is 6.17. The molecule has 1 heterocycles. The number of rotatable bonds is 7. The highest BCUT2D eigenvalue weighted by atomic mass is 35.5. The highest BCUT2D eigenvalue weighted by Gasteiger charge is 2.05. The molecule has 0 aliphatic carbocycles. The number of hydrogen-bond donors (Lipinski definition) is 1. The second-order valence-corrected chi connectivity index (χ2v) is 4.16. The summed E-state index contributed by atoms with van der Waals surface area (Å²) in [5.74, 6) is 0. The molecule has 0 saturated carbocycles. The number of ether oxygens (including phenoxy) is 1. The van der Waals surface area contributed by atoms with Crippen LogP contribution >= 0.6 is 11.6 Å². The van der Waals surface area contributed by atoms with Gasteiger partial charge in [-0.3, -0.25) is 4.79 Å². The number of nitrogens with zero attached hydrogens (tertiary/aromatic N) is 2. The van der Waals surface area contributed by atoms with E-state index in [2.05, 4.69) is 10.4 Å². The van der Waals surface area contributed by atoms with E-state index in [1.807, 2.05) is 0 Å². The Kier molecular flexibility index (Phi) is 6.00. The first kappa shape index (κ1) is 14.0. The van der Waals surface area contributed by atoms with E-state index in [9.17, 15) is 4.79 Å². The lowest BCUT2D eigenvalue weighted by molar-refractivity contribution is 0.192. The van der Waals surface area contributed by atoms with Gasteiger partial charge in [0.2, 0.25) is 0 Å². The van der Waals surface area contributed by atoms with Crippen molar-refractivity contribution in [2.24, 2.45) is 7.05 Å². The van der Waals surface area contributed by atoms with E-state index < -0.39 is 0 Å². The van der Waals surface area contributed by atoms with Crippen LogP contribution in [0.2, 0.25) is 5.02 Å². The van der Waals surface area contributed by atoms with E-state index >= 15 is 0 Å². The lowest BCUT2D eigenvalue weighted by Crippen LogP contribution is -2.21. The zero-order valence-corrected chi connectivity index (χ0v) is 11.0. The molecule has 0 radical (unpaired) electrons. The van der Waals surface area contributed by atoms with Gasteiger partial charge < -0.3 is 10.1 Å². The summed E-state index contributed by atoms with van der Waals surface area (Å²) in [7, 11) is 3.27. The summed E-state index contributed by atoms with van der Waals surface area (Å²) in [5, 5.41) is 7.21. The number of aromatic nitrogens is 2. The van der Waals surface area contributed by atoms with Crippen LogP contribution in [0.3, 0.4) is 0 Å². The van der Waals surface area contributed by atoms with Crippen molar-refractivity contribution in [3.63, 3.8) is 0 Å². The van der Waals surface area contributed by atoms with Crippen LogP contribution in [-0.4, -0.2) is 30.0 Å². The lowest BCUT2D eigenvalue weighted by Gasteiger charge is -2.08. The average Bonchev–Trinajstić information content (AvgIpc) is 2.33. The van der Waals surface area contributed by atoms with Crippen molar-refractivity contribution in [3.05, 3.63) is 21.6 Å². The van der Waals surface area contributed by atoms with E-state index in [4.69, 9.17) is 16.3 Å². The van der Waals surface area contributed by atoms with Crippen LogP contribution in [0, 0.1) is 0 Å². The van der Waals surface area contributed by atoms with Gasteiger partial charge in [0.25, 0.3) is 5.56 Å². The largest absolute Gasteiger partial charge is 0.385 e. The van der Waals surface area contributed by atoms with Gasteiger partial charge in [-0.15, -0.1) is 0 Å². The Morgan fingerprint density at radius 3 is 2.94 bits per heavy atom. The quantitative estimate of drug-likeness (QED) is 0.757. The highest BCUT2D eigenvalue weighted by Crippen LogP contribution is 2.14. The number of aryl methyl sites for hydroxylation is 1. The fourth-order valence-corrected chi connectivity index (χ4v) is 1.64. The molecule has 0 saturated heterocycles. The molecule has 0 unspecified atom stereocenters. The van der Waals surface area contributed by atoms with Crippen molar-refractivity contribution in [3.8, 4) is 0 Å². The molecular formula is C11H18ClN3O2. The number of unbranched alkanes of at least 4 members (excludes halogenated alkanes) is 2. The van der Waals surface area contributed by atoms with Crippen LogP contribution in [0.1, 0.15) is 19.3 Å². The summed E-state index contributed by atoms with van der Waals surface area (Å²) in [6.07, 6.45) is 4.70. The van der Waals surface area contributed by atoms with E-state index in [0.29, 0.717) is 5.69 Å².